The maximum Gasteiger partial charge on any atom is 0.268 e. The van der Waals surface area contributed by atoms with E-state index in [2.05, 4.69) is 15.6 Å². The molecule has 6 nitrogen and oxygen atoms in total. The fourth-order valence-corrected chi connectivity index (χ4v) is 2.46. The van der Waals surface area contributed by atoms with Crippen LogP contribution in [0.4, 0.5) is 0 Å². The molecule has 0 aliphatic rings. The predicted octanol–water partition coefficient (Wildman–Crippen LogP) is 3.07. The Balaban J connectivity index is 1.78. The molecule has 3 aromatic rings. The van der Waals surface area contributed by atoms with E-state index in [-0.39, 0.29) is 18.1 Å². The molecule has 0 fully saturated rings. The lowest BCUT2D eigenvalue weighted by atomic mass is 10.1. The lowest BCUT2D eigenvalue weighted by Crippen LogP contribution is -2.35. The number of aromatic nitrogens is 1. The third-order valence-electron chi connectivity index (χ3n) is 3.87. The second-order valence-electron chi connectivity index (χ2n) is 5.85. The molecule has 6 heteroatoms. The summed E-state index contributed by atoms with van der Waals surface area (Å²) in [4.78, 5) is 29.4. The van der Waals surface area contributed by atoms with Crippen LogP contribution in [-0.2, 0) is 11.3 Å². The Morgan fingerprint density at radius 2 is 1.89 bits per heavy atom. The zero-order chi connectivity index (χ0) is 19.1. The van der Waals surface area contributed by atoms with Gasteiger partial charge in [0.05, 0.1) is 18.5 Å². The van der Waals surface area contributed by atoms with Crippen molar-refractivity contribution in [2.75, 3.05) is 0 Å². The summed E-state index contributed by atoms with van der Waals surface area (Å²) in [5.41, 5.74) is 2.13. The smallest absolute Gasteiger partial charge is 0.268 e. The van der Waals surface area contributed by atoms with Gasteiger partial charge in [-0.25, -0.2) is 0 Å². The van der Waals surface area contributed by atoms with Gasteiger partial charge in [0.15, 0.2) is 0 Å². The van der Waals surface area contributed by atoms with Gasteiger partial charge in [0.1, 0.15) is 11.5 Å². The number of hydrogen-bond donors (Lipinski definition) is 2. The number of nitrogens with zero attached hydrogens (tertiary/aromatic N) is 1. The first-order valence-electron chi connectivity index (χ1n) is 8.44. The predicted molar refractivity (Wildman–Crippen MR) is 101 cm³/mol. The average molecular weight is 361 g/mol. The number of benzene rings is 1. The number of furan rings is 1. The summed E-state index contributed by atoms with van der Waals surface area (Å²) >= 11 is 0. The van der Waals surface area contributed by atoms with Crippen molar-refractivity contribution in [3.63, 3.8) is 0 Å². The van der Waals surface area contributed by atoms with Crippen LogP contribution in [0.3, 0.4) is 0 Å². The number of pyridine rings is 1. The van der Waals surface area contributed by atoms with Gasteiger partial charge in [-0.05, 0) is 42.8 Å². The van der Waals surface area contributed by atoms with E-state index in [0.29, 0.717) is 17.0 Å². The molecule has 0 aliphatic carbocycles. The van der Waals surface area contributed by atoms with Crippen LogP contribution in [0.1, 0.15) is 27.4 Å². The maximum atomic E-state index is 12.6. The number of hydrogen-bond acceptors (Lipinski definition) is 4. The summed E-state index contributed by atoms with van der Waals surface area (Å²) in [6.07, 6.45) is 4.64. The molecule has 0 saturated heterocycles. The second-order valence-corrected chi connectivity index (χ2v) is 5.85. The van der Waals surface area contributed by atoms with Crippen LogP contribution >= 0.6 is 0 Å². The number of amides is 2. The van der Waals surface area contributed by atoms with Crippen molar-refractivity contribution in [3.05, 3.63) is 95.3 Å². The minimum absolute atomic E-state index is 0.0918. The van der Waals surface area contributed by atoms with E-state index in [1.54, 1.807) is 36.5 Å². The monoisotopic (exact) mass is 361 g/mol. The maximum absolute atomic E-state index is 12.6. The number of carbonyl (C=O) groups excluding carboxylic acids is 2. The van der Waals surface area contributed by atoms with Crippen molar-refractivity contribution in [1.82, 2.24) is 15.6 Å². The highest BCUT2D eigenvalue weighted by atomic mass is 16.3. The van der Waals surface area contributed by atoms with Gasteiger partial charge in [0, 0.05) is 17.8 Å². The van der Waals surface area contributed by atoms with Gasteiger partial charge < -0.3 is 15.1 Å². The molecule has 2 heterocycles. The van der Waals surface area contributed by atoms with E-state index < -0.39 is 5.91 Å². The number of nitrogens with one attached hydrogen (secondary N) is 2. The number of aryl methyl sites for hydroxylation is 1. The molecule has 2 N–H and O–H groups in total. The molecule has 136 valence electrons. The van der Waals surface area contributed by atoms with Crippen LogP contribution < -0.4 is 10.6 Å². The van der Waals surface area contributed by atoms with Gasteiger partial charge in [-0.1, -0.05) is 24.3 Å². The highest BCUT2D eigenvalue weighted by molar-refractivity contribution is 6.05. The molecule has 27 heavy (non-hydrogen) atoms. The van der Waals surface area contributed by atoms with Crippen molar-refractivity contribution in [1.29, 1.82) is 0 Å². The summed E-state index contributed by atoms with van der Waals surface area (Å²) in [5.74, 6) is -0.332. The molecule has 2 aromatic heterocycles. The first kappa shape index (κ1) is 18.1. The summed E-state index contributed by atoms with van der Waals surface area (Å²) in [5, 5.41) is 5.43. The summed E-state index contributed by atoms with van der Waals surface area (Å²) in [6, 6.07) is 16.0. The summed E-state index contributed by atoms with van der Waals surface area (Å²) in [6.45, 7) is 2.08. The molecule has 0 atom stereocenters. The Morgan fingerprint density at radius 3 is 2.59 bits per heavy atom. The summed E-state index contributed by atoms with van der Waals surface area (Å²) in [7, 11) is 0. The number of rotatable bonds is 6. The quantitative estimate of drug-likeness (QED) is 0.661. The zero-order valence-corrected chi connectivity index (χ0v) is 14.8. The van der Waals surface area contributed by atoms with Crippen LogP contribution in [0, 0.1) is 6.92 Å². The van der Waals surface area contributed by atoms with E-state index in [4.69, 9.17) is 4.42 Å². The Labute approximate surface area is 156 Å². The minimum Gasteiger partial charge on any atom is -0.465 e. The molecule has 0 saturated carbocycles. The third kappa shape index (κ3) is 4.92. The third-order valence-corrected chi connectivity index (χ3v) is 3.87. The van der Waals surface area contributed by atoms with Crippen molar-refractivity contribution in [2.45, 2.75) is 13.5 Å². The van der Waals surface area contributed by atoms with E-state index in [1.165, 1.54) is 12.3 Å². The van der Waals surface area contributed by atoms with E-state index >= 15 is 0 Å². The van der Waals surface area contributed by atoms with Crippen molar-refractivity contribution < 1.29 is 14.0 Å². The van der Waals surface area contributed by atoms with Gasteiger partial charge in [-0.15, -0.1) is 0 Å². The first-order chi connectivity index (χ1) is 13.1. The fraction of sp³-hybridized carbons (Fsp3) is 0.0952. The average Bonchev–Trinajstić information content (AvgIpc) is 3.20. The topological polar surface area (TPSA) is 84.2 Å². The summed E-state index contributed by atoms with van der Waals surface area (Å²) < 4.78 is 5.27. The molecular formula is C21H19N3O3. The van der Waals surface area contributed by atoms with Crippen LogP contribution in [0.5, 0.6) is 0 Å². The molecule has 1 aromatic carbocycles. The van der Waals surface area contributed by atoms with Gasteiger partial charge >= 0.3 is 0 Å². The lowest BCUT2D eigenvalue weighted by Gasteiger charge is -2.11. The number of carbonyl (C=O) groups is 2. The Morgan fingerprint density at radius 1 is 1.07 bits per heavy atom. The van der Waals surface area contributed by atoms with Crippen LogP contribution in [-0.4, -0.2) is 16.8 Å². The first-order valence-corrected chi connectivity index (χ1v) is 8.44. The molecule has 2 amide bonds. The van der Waals surface area contributed by atoms with Gasteiger partial charge in [0.2, 0.25) is 0 Å². The normalized spacial score (nSPS) is 11.1. The Hall–Kier alpha value is -3.67. The van der Waals surface area contributed by atoms with Crippen molar-refractivity contribution in [3.8, 4) is 0 Å². The molecule has 0 spiro atoms. The van der Waals surface area contributed by atoms with Crippen molar-refractivity contribution in [2.24, 2.45) is 0 Å². The van der Waals surface area contributed by atoms with Gasteiger partial charge in [-0.2, -0.15) is 0 Å². The molecule has 0 radical (unpaired) electrons. The van der Waals surface area contributed by atoms with E-state index in [1.807, 2.05) is 31.2 Å². The second kappa shape index (κ2) is 8.62. The van der Waals surface area contributed by atoms with Crippen LogP contribution in [0.2, 0.25) is 0 Å². The molecular weight excluding hydrogens is 342 g/mol. The molecule has 0 bridgehead atoms. The standard InChI is InChI=1S/C21H19N3O3/c1-15-7-2-3-10-18(15)20(25)24-19(13-17-9-6-12-27-17)21(26)23-14-16-8-4-5-11-22-16/h2-13H,14H2,1H3,(H,23,26)(H,24,25)/b19-13-. The van der Waals surface area contributed by atoms with E-state index in [9.17, 15) is 9.59 Å². The van der Waals surface area contributed by atoms with Gasteiger partial charge in [-0.3, -0.25) is 14.6 Å². The van der Waals surface area contributed by atoms with Crippen molar-refractivity contribution >= 4 is 17.9 Å². The van der Waals surface area contributed by atoms with E-state index in [0.717, 1.165) is 5.56 Å². The highest BCUT2D eigenvalue weighted by Gasteiger charge is 2.16. The molecule has 0 aliphatic heterocycles. The van der Waals surface area contributed by atoms with Gasteiger partial charge in [0.25, 0.3) is 11.8 Å². The van der Waals surface area contributed by atoms with Crippen LogP contribution in [0.15, 0.2) is 77.2 Å². The SMILES string of the molecule is Cc1ccccc1C(=O)N/C(=C\c1ccco1)C(=O)NCc1ccccn1. The molecule has 3 rings (SSSR count). The lowest BCUT2D eigenvalue weighted by molar-refractivity contribution is -0.117. The zero-order valence-electron chi connectivity index (χ0n) is 14.8. The Kier molecular flexibility index (Phi) is 5.79. The minimum atomic E-state index is -0.431. The highest BCUT2D eigenvalue weighted by Crippen LogP contribution is 2.10. The largest absolute Gasteiger partial charge is 0.465 e. The van der Waals surface area contributed by atoms with Crippen LogP contribution in [0.25, 0.3) is 6.08 Å². The Bertz CT molecular complexity index is 948. The molecule has 0 unspecified atom stereocenters. The fourth-order valence-electron chi connectivity index (χ4n) is 2.46.